The van der Waals surface area contributed by atoms with Crippen LogP contribution in [0.1, 0.15) is 29.6 Å². The summed E-state index contributed by atoms with van der Waals surface area (Å²) in [6.45, 7) is 0. The number of aliphatic carboxylic acids is 1. The van der Waals surface area contributed by atoms with Crippen molar-refractivity contribution < 1.29 is 23.1 Å². The summed E-state index contributed by atoms with van der Waals surface area (Å²) in [4.78, 5) is 23.2. The van der Waals surface area contributed by atoms with E-state index in [4.69, 9.17) is 5.11 Å². The third kappa shape index (κ3) is 3.89. The van der Waals surface area contributed by atoms with Gasteiger partial charge in [0, 0.05) is 25.7 Å². The van der Waals surface area contributed by atoms with Gasteiger partial charge in [-0.25, -0.2) is 12.7 Å². The molecule has 126 valence electrons. The van der Waals surface area contributed by atoms with E-state index >= 15 is 0 Å². The van der Waals surface area contributed by atoms with E-state index in [1.807, 2.05) is 0 Å². The van der Waals surface area contributed by atoms with Crippen LogP contribution in [0.5, 0.6) is 0 Å². The van der Waals surface area contributed by atoms with Crippen molar-refractivity contribution in [3.8, 4) is 0 Å². The van der Waals surface area contributed by atoms with Gasteiger partial charge in [0.1, 0.15) is 0 Å². The minimum Gasteiger partial charge on any atom is -0.481 e. The van der Waals surface area contributed by atoms with Crippen LogP contribution >= 0.6 is 0 Å². The molecular formula is C15H20N2O5S. The van der Waals surface area contributed by atoms with E-state index in [1.165, 1.54) is 38.4 Å². The first-order valence-electron chi connectivity index (χ1n) is 7.28. The summed E-state index contributed by atoms with van der Waals surface area (Å²) in [5.74, 6) is -1.57. The molecule has 2 rings (SSSR count). The first-order chi connectivity index (χ1) is 10.7. The molecule has 0 aliphatic heterocycles. The van der Waals surface area contributed by atoms with Crippen molar-refractivity contribution in [2.24, 2.45) is 5.92 Å². The molecule has 1 aromatic rings. The number of sulfonamides is 1. The molecule has 0 heterocycles. The fourth-order valence-corrected chi connectivity index (χ4v) is 3.50. The molecule has 23 heavy (non-hydrogen) atoms. The Morgan fingerprint density at radius 3 is 2.26 bits per heavy atom. The fourth-order valence-electron chi connectivity index (χ4n) is 2.59. The first-order valence-corrected chi connectivity index (χ1v) is 8.72. The molecule has 1 aliphatic carbocycles. The molecule has 8 heteroatoms. The van der Waals surface area contributed by atoms with Gasteiger partial charge in [0.2, 0.25) is 10.0 Å². The average molecular weight is 340 g/mol. The van der Waals surface area contributed by atoms with Crippen LogP contribution in [0.25, 0.3) is 0 Å². The molecule has 0 spiro atoms. The highest BCUT2D eigenvalue weighted by molar-refractivity contribution is 7.89. The lowest BCUT2D eigenvalue weighted by Gasteiger charge is -2.14. The van der Waals surface area contributed by atoms with Gasteiger partial charge in [0.15, 0.2) is 0 Å². The summed E-state index contributed by atoms with van der Waals surface area (Å²) < 4.78 is 25.0. The molecule has 0 saturated heterocycles. The summed E-state index contributed by atoms with van der Waals surface area (Å²) in [7, 11) is -0.643. The number of nitrogens with one attached hydrogen (secondary N) is 1. The summed E-state index contributed by atoms with van der Waals surface area (Å²) in [6.07, 6.45) is 1.62. The molecule has 0 aromatic heterocycles. The van der Waals surface area contributed by atoms with E-state index in [0.29, 0.717) is 24.8 Å². The summed E-state index contributed by atoms with van der Waals surface area (Å²) >= 11 is 0. The van der Waals surface area contributed by atoms with E-state index in [2.05, 4.69) is 5.32 Å². The SMILES string of the molecule is CN(C)S(=O)(=O)c1ccc(C(=O)N[C@H]2CC[C@@H](C(=O)O)C2)cc1. The molecule has 0 bridgehead atoms. The van der Waals surface area contributed by atoms with Crippen LogP contribution in [0.3, 0.4) is 0 Å². The smallest absolute Gasteiger partial charge is 0.306 e. The van der Waals surface area contributed by atoms with Crippen LogP contribution in [0, 0.1) is 5.92 Å². The number of carbonyl (C=O) groups excluding carboxylic acids is 1. The van der Waals surface area contributed by atoms with Crippen LogP contribution in [0.2, 0.25) is 0 Å². The van der Waals surface area contributed by atoms with Crippen LogP contribution in [0.4, 0.5) is 0 Å². The standard InChI is InChI=1S/C15H20N2O5S/c1-17(2)23(21,22)13-7-4-10(5-8-13)14(18)16-12-6-3-11(9-12)15(19)20/h4-5,7-8,11-12H,3,6,9H2,1-2H3,(H,16,18)(H,19,20)/t11-,12+/m1/s1. The molecule has 1 amide bonds. The van der Waals surface area contributed by atoms with E-state index in [1.54, 1.807) is 0 Å². The van der Waals surface area contributed by atoms with Gasteiger partial charge in [-0.1, -0.05) is 0 Å². The van der Waals surface area contributed by atoms with Gasteiger partial charge in [-0.15, -0.1) is 0 Å². The highest BCUT2D eigenvalue weighted by Crippen LogP contribution is 2.26. The molecule has 2 N–H and O–H groups in total. The van der Waals surface area contributed by atoms with Crippen molar-refractivity contribution in [1.29, 1.82) is 0 Å². The predicted octanol–water partition coefficient (Wildman–Crippen LogP) is 0.920. The van der Waals surface area contributed by atoms with Gasteiger partial charge < -0.3 is 10.4 Å². The second kappa shape index (κ2) is 6.67. The van der Waals surface area contributed by atoms with Crippen molar-refractivity contribution in [2.75, 3.05) is 14.1 Å². The number of rotatable bonds is 5. The maximum Gasteiger partial charge on any atom is 0.306 e. The Kier molecular flexibility index (Phi) is 5.06. The normalized spacial score (nSPS) is 21.3. The molecule has 1 saturated carbocycles. The van der Waals surface area contributed by atoms with E-state index < -0.39 is 21.9 Å². The quantitative estimate of drug-likeness (QED) is 0.829. The molecule has 1 aliphatic rings. The molecular weight excluding hydrogens is 320 g/mol. The summed E-state index contributed by atoms with van der Waals surface area (Å²) in [5, 5.41) is 11.8. The molecule has 0 radical (unpaired) electrons. The Morgan fingerprint density at radius 2 is 1.78 bits per heavy atom. The van der Waals surface area contributed by atoms with Crippen molar-refractivity contribution >= 4 is 21.9 Å². The lowest BCUT2D eigenvalue weighted by Crippen LogP contribution is -2.33. The van der Waals surface area contributed by atoms with Crippen LogP contribution in [-0.2, 0) is 14.8 Å². The molecule has 1 fully saturated rings. The van der Waals surface area contributed by atoms with Gasteiger partial charge in [0.05, 0.1) is 10.8 Å². The fraction of sp³-hybridized carbons (Fsp3) is 0.467. The zero-order valence-corrected chi connectivity index (χ0v) is 13.8. The van der Waals surface area contributed by atoms with Gasteiger partial charge in [-0.3, -0.25) is 9.59 Å². The third-order valence-corrected chi connectivity index (χ3v) is 5.84. The maximum absolute atomic E-state index is 12.2. The minimum atomic E-state index is -3.52. The summed E-state index contributed by atoms with van der Waals surface area (Å²) in [6, 6.07) is 5.52. The third-order valence-electron chi connectivity index (χ3n) is 4.01. The number of hydrogen-bond donors (Lipinski definition) is 2. The highest BCUT2D eigenvalue weighted by Gasteiger charge is 2.30. The number of nitrogens with zero attached hydrogens (tertiary/aromatic N) is 1. The second-order valence-corrected chi connectivity index (χ2v) is 7.98. The van der Waals surface area contributed by atoms with Crippen molar-refractivity contribution in [2.45, 2.75) is 30.2 Å². The Hall–Kier alpha value is -1.93. The first kappa shape index (κ1) is 17.4. The van der Waals surface area contributed by atoms with Crippen molar-refractivity contribution in [1.82, 2.24) is 9.62 Å². The van der Waals surface area contributed by atoms with E-state index in [0.717, 1.165) is 4.31 Å². The van der Waals surface area contributed by atoms with E-state index in [-0.39, 0.29) is 16.8 Å². The Balaban J connectivity index is 2.03. The molecule has 2 atom stereocenters. The van der Waals surface area contributed by atoms with Crippen molar-refractivity contribution in [3.05, 3.63) is 29.8 Å². The molecule has 1 aromatic carbocycles. The Labute approximate surface area is 135 Å². The van der Waals surface area contributed by atoms with Crippen LogP contribution in [-0.4, -0.2) is 49.8 Å². The van der Waals surface area contributed by atoms with Crippen LogP contribution in [0.15, 0.2) is 29.2 Å². The number of carboxylic acid groups (broad SMARTS) is 1. The molecule has 7 nitrogen and oxygen atoms in total. The lowest BCUT2D eigenvalue weighted by atomic mass is 10.1. The van der Waals surface area contributed by atoms with Gasteiger partial charge >= 0.3 is 5.97 Å². The second-order valence-electron chi connectivity index (χ2n) is 5.83. The average Bonchev–Trinajstić information content (AvgIpc) is 2.96. The Bertz CT molecular complexity index is 697. The largest absolute Gasteiger partial charge is 0.481 e. The summed E-state index contributed by atoms with van der Waals surface area (Å²) in [5.41, 5.74) is 0.349. The monoisotopic (exact) mass is 340 g/mol. The number of hydrogen-bond acceptors (Lipinski definition) is 4. The molecule has 0 unspecified atom stereocenters. The number of benzene rings is 1. The number of amides is 1. The van der Waals surface area contributed by atoms with Gasteiger partial charge in [0.25, 0.3) is 5.91 Å². The maximum atomic E-state index is 12.2. The number of carboxylic acids is 1. The van der Waals surface area contributed by atoms with Crippen LogP contribution < -0.4 is 5.32 Å². The zero-order chi connectivity index (χ0) is 17.2. The predicted molar refractivity (Wildman–Crippen MR) is 83.5 cm³/mol. The topological polar surface area (TPSA) is 104 Å². The zero-order valence-electron chi connectivity index (χ0n) is 13.0. The van der Waals surface area contributed by atoms with Crippen molar-refractivity contribution in [3.63, 3.8) is 0 Å². The number of carbonyl (C=O) groups is 2. The van der Waals surface area contributed by atoms with Gasteiger partial charge in [-0.2, -0.15) is 0 Å². The minimum absolute atomic E-state index is 0.117. The Morgan fingerprint density at radius 1 is 1.17 bits per heavy atom. The van der Waals surface area contributed by atoms with Gasteiger partial charge in [-0.05, 0) is 43.5 Å². The highest BCUT2D eigenvalue weighted by atomic mass is 32.2. The van der Waals surface area contributed by atoms with E-state index in [9.17, 15) is 18.0 Å². The lowest BCUT2D eigenvalue weighted by molar-refractivity contribution is -0.141.